The molecular formula is C16H21N. The number of nitrogens with one attached hydrogen (secondary N) is 1. The van der Waals surface area contributed by atoms with Crippen LogP contribution in [0, 0.1) is 17.8 Å². The van der Waals surface area contributed by atoms with Crippen molar-refractivity contribution in [1.29, 1.82) is 0 Å². The zero-order chi connectivity index (χ0) is 11.2. The second-order valence-corrected chi connectivity index (χ2v) is 6.39. The van der Waals surface area contributed by atoms with Gasteiger partial charge in [0.15, 0.2) is 0 Å². The van der Waals surface area contributed by atoms with Crippen molar-refractivity contribution in [3.63, 3.8) is 0 Å². The number of benzene rings is 1. The highest BCUT2D eigenvalue weighted by molar-refractivity contribution is 5.17. The second-order valence-electron chi connectivity index (χ2n) is 6.39. The first kappa shape index (κ1) is 10.1. The Morgan fingerprint density at radius 2 is 1.88 bits per heavy atom. The third-order valence-electron chi connectivity index (χ3n) is 5.31. The Bertz CT molecular complexity index is 369. The first-order chi connectivity index (χ1) is 8.38. The van der Waals surface area contributed by atoms with E-state index >= 15 is 0 Å². The standard InChI is InChI=1S/C16H21N/c1-2-4-11(5-3-1)8-15-13-6-12-7-14(10-13)17-16(15)9-12/h1-5,12-17H,6-10H2. The van der Waals surface area contributed by atoms with E-state index in [0.29, 0.717) is 0 Å². The van der Waals surface area contributed by atoms with E-state index < -0.39 is 0 Å². The van der Waals surface area contributed by atoms with Gasteiger partial charge in [0.25, 0.3) is 0 Å². The monoisotopic (exact) mass is 227 g/mol. The van der Waals surface area contributed by atoms with Crippen LogP contribution in [0.1, 0.15) is 31.2 Å². The Morgan fingerprint density at radius 1 is 1.00 bits per heavy atom. The van der Waals surface area contributed by atoms with Crippen LogP contribution in [0.4, 0.5) is 0 Å². The summed E-state index contributed by atoms with van der Waals surface area (Å²) in [6.07, 6.45) is 7.18. The lowest BCUT2D eigenvalue weighted by molar-refractivity contribution is 0.00374. The summed E-state index contributed by atoms with van der Waals surface area (Å²) < 4.78 is 0. The summed E-state index contributed by atoms with van der Waals surface area (Å²) in [5.41, 5.74) is 1.53. The molecule has 2 aliphatic heterocycles. The summed E-state index contributed by atoms with van der Waals surface area (Å²) >= 11 is 0. The Hall–Kier alpha value is -0.820. The largest absolute Gasteiger partial charge is 0.311 e. The summed E-state index contributed by atoms with van der Waals surface area (Å²) in [6.45, 7) is 0. The molecule has 2 heterocycles. The predicted molar refractivity (Wildman–Crippen MR) is 69.8 cm³/mol. The van der Waals surface area contributed by atoms with E-state index in [2.05, 4.69) is 35.6 Å². The molecule has 1 heteroatoms. The van der Waals surface area contributed by atoms with Crippen LogP contribution in [0.2, 0.25) is 0 Å². The fraction of sp³-hybridized carbons (Fsp3) is 0.625. The van der Waals surface area contributed by atoms with E-state index in [-0.39, 0.29) is 0 Å². The number of piperidine rings is 2. The molecule has 2 saturated carbocycles. The highest BCUT2D eigenvalue weighted by Crippen LogP contribution is 2.48. The van der Waals surface area contributed by atoms with Gasteiger partial charge in [-0.05, 0) is 55.4 Å². The van der Waals surface area contributed by atoms with E-state index in [1.54, 1.807) is 0 Å². The molecule has 5 rings (SSSR count). The van der Waals surface area contributed by atoms with Gasteiger partial charge in [0.2, 0.25) is 0 Å². The smallest absolute Gasteiger partial charge is 0.0106 e. The minimum atomic E-state index is 0.825. The summed E-state index contributed by atoms with van der Waals surface area (Å²) in [5, 5.41) is 3.88. The molecule has 2 aliphatic carbocycles. The number of rotatable bonds is 2. The highest BCUT2D eigenvalue weighted by atomic mass is 15.0. The third kappa shape index (κ3) is 1.72. The normalized spacial score (nSPS) is 42.9. The zero-order valence-electron chi connectivity index (χ0n) is 10.3. The van der Waals surface area contributed by atoms with Crippen LogP contribution in [0.3, 0.4) is 0 Å². The van der Waals surface area contributed by atoms with Gasteiger partial charge >= 0.3 is 0 Å². The molecule has 17 heavy (non-hydrogen) atoms. The van der Waals surface area contributed by atoms with E-state index in [0.717, 1.165) is 29.8 Å². The lowest BCUT2D eigenvalue weighted by atomic mass is 9.58. The van der Waals surface area contributed by atoms with Gasteiger partial charge in [0.05, 0.1) is 0 Å². The summed E-state index contributed by atoms with van der Waals surface area (Å²) in [6, 6.07) is 12.8. The number of hydrogen-bond acceptors (Lipinski definition) is 1. The molecule has 1 nitrogen and oxygen atoms in total. The van der Waals surface area contributed by atoms with Crippen molar-refractivity contribution in [2.45, 2.75) is 44.2 Å². The molecule has 0 radical (unpaired) electrons. The minimum absolute atomic E-state index is 0.825. The van der Waals surface area contributed by atoms with E-state index in [9.17, 15) is 0 Å². The van der Waals surface area contributed by atoms with Gasteiger partial charge in [-0.15, -0.1) is 0 Å². The van der Waals surface area contributed by atoms with Crippen LogP contribution >= 0.6 is 0 Å². The van der Waals surface area contributed by atoms with Crippen LogP contribution in [-0.4, -0.2) is 12.1 Å². The van der Waals surface area contributed by atoms with Crippen LogP contribution in [0.25, 0.3) is 0 Å². The van der Waals surface area contributed by atoms with E-state index in [1.807, 2.05) is 0 Å². The quantitative estimate of drug-likeness (QED) is 0.819. The molecule has 2 saturated heterocycles. The minimum Gasteiger partial charge on any atom is -0.311 e. The predicted octanol–water partition coefficient (Wildman–Crippen LogP) is 3.01. The Kier molecular flexibility index (Phi) is 2.29. The van der Waals surface area contributed by atoms with Gasteiger partial charge in [0, 0.05) is 12.1 Å². The maximum Gasteiger partial charge on any atom is 0.0106 e. The van der Waals surface area contributed by atoms with Crippen LogP contribution < -0.4 is 5.32 Å². The lowest BCUT2D eigenvalue weighted by Crippen LogP contribution is -2.60. The van der Waals surface area contributed by atoms with Crippen LogP contribution in [0.15, 0.2) is 30.3 Å². The van der Waals surface area contributed by atoms with Crippen molar-refractivity contribution in [3.05, 3.63) is 35.9 Å². The number of hydrogen-bond donors (Lipinski definition) is 1. The van der Waals surface area contributed by atoms with Crippen LogP contribution in [-0.2, 0) is 6.42 Å². The van der Waals surface area contributed by atoms with Crippen molar-refractivity contribution in [1.82, 2.24) is 5.32 Å². The van der Waals surface area contributed by atoms with Crippen LogP contribution in [0.5, 0.6) is 0 Å². The molecule has 90 valence electrons. The van der Waals surface area contributed by atoms with Gasteiger partial charge in [-0.2, -0.15) is 0 Å². The molecule has 1 N–H and O–H groups in total. The van der Waals surface area contributed by atoms with Crippen molar-refractivity contribution in [3.8, 4) is 0 Å². The van der Waals surface area contributed by atoms with Gasteiger partial charge in [0.1, 0.15) is 0 Å². The van der Waals surface area contributed by atoms with Crippen molar-refractivity contribution in [2.75, 3.05) is 0 Å². The summed E-state index contributed by atoms with van der Waals surface area (Å²) in [5.74, 6) is 2.97. The molecule has 5 atom stereocenters. The first-order valence-corrected chi connectivity index (χ1v) is 7.18. The molecule has 0 aromatic heterocycles. The van der Waals surface area contributed by atoms with Gasteiger partial charge < -0.3 is 5.32 Å². The van der Waals surface area contributed by atoms with E-state index in [4.69, 9.17) is 0 Å². The van der Waals surface area contributed by atoms with E-state index in [1.165, 1.54) is 37.7 Å². The maximum atomic E-state index is 3.88. The molecule has 1 aromatic carbocycles. The van der Waals surface area contributed by atoms with Gasteiger partial charge in [-0.3, -0.25) is 0 Å². The van der Waals surface area contributed by atoms with Crippen molar-refractivity contribution < 1.29 is 0 Å². The van der Waals surface area contributed by atoms with Crippen molar-refractivity contribution in [2.24, 2.45) is 17.8 Å². The molecule has 5 unspecified atom stereocenters. The third-order valence-corrected chi connectivity index (χ3v) is 5.31. The Labute approximate surface area is 104 Å². The molecule has 4 aliphatic rings. The molecular weight excluding hydrogens is 206 g/mol. The topological polar surface area (TPSA) is 12.0 Å². The SMILES string of the molecule is c1ccc(CC2C3CC4CC(C3)NC2C4)cc1. The highest BCUT2D eigenvalue weighted by Gasteiger charge is 2.47. The average Bonchev–Trinajstić information content (AvgIpc) is 2.34. The fourth-order valence-corrected chi connectivity index (χ4v) is 4.71. The molecule has 1 aromatic rings. The maximum absolute atomic E-state index is 3.88. The molecule has 0 spiro atoms. The average molecular weight is 227 g/mol. The van der Waals surface area contributed by atoms with Gasteiger partial charge in [-0.1, -0.05) is 30.3 Å². The fourth-order valence-electron chi connectivity index (χ4n) is 4.71. The summed E-state index contributed by atoms with van der Waals surface area (Å²) in [7, 11) is 0. The molecule has 0 amide bonds. The molecule has 4 bridgehead atoms. The Balaban J connectivity index is 1.55. The van der Waals surface area contributed by atoms with Crippen molar-refractivity contribution >= 4 is 0 Å². The van der Waals surface area contributed by atoms with Gasteiger partial charge in [-0.25, -0.2) is 0 Å². The Morgan fingerprint density at radius 3 is 2.65 bits per heavy atom. The molecule has 4 fully saturated rings. The summed E-state index contributed by atoms with van der Waals surface area (Å²) in [4.78, 5) is 0. The zero-order valence-corrected chi connectivity index (χ0v) is 10.3. The lowest BCUT2D eigenvalue weighted by Gasteiger charge is -2.55. The second kappa shape index (κ2) is 3.84. The first-order valence-electron chi connectivity index (χ1n) is 7.18.